The fourth-order valence-electron chi connectivity index (χ4n) is 4.05. The maximum atomic E-state index is 12.7. The summed E-state index contributed by atoms with van der Waals surface area (Å²) in [6, 6.07) is 7.88. The lowest BCUT2D eigenvalue weighted by Crippen LogP contribution is -2.44. The first-order valence-corrected chi connectivity index (χ1v) is 7.85. The van der Waals surface area contributed by atoms with Gasteiger partial charge in [0.15, 0.2) is 5.78 Å². The van der Waals surface area contributed by atoms with E-state index in [1.54, 1.807) is 0 Å². The number of benzene rings is 1. The van der Waals surface area contributed by atoms with E-state index in [2.05, 4.69) is 12.2 Å². The van der Waals surface area contributed by atoms with E-state index in [9.17, 15) is 9.59 Å². The summed E-state index contributed by atoms with van der Waals surface area (Å²) in [6.07, 6.45) is 3.39. The highest BCUT2D eigenvalue weighted by Gasteiger charge is 2.64. The molecular formula is C18H23NO2. The summed E-state index contributed by atoms with van der Waals surface area (Å²) in [5.74, 6) is 0.386. The number of hydrogen-bond acceptors (Lipinski definition) is 2. The quantitative estimate of drug-likeness (QED) is 0.863. The number of fused-ring (bicyclic) bond motifs is 2. The van der Waals surface area contributed by atoms with Gasteiger partial charge in [0, 0.05) is 11.1 Å². The summed E-state index contributed by atoms with van der Waals surface area (Å²) in [7, 11) is 0. The van der Waals surface area contributed by atoms with Crippen molar-refractivity contribution >= 4 is 17.4 Å². The summed E-state index contributed by atoms with van der Waals surface area (Å²) in [5.41, 5.74) is 0.900. The van der Waals surface area contributed by atoms with Crippen LogP contribution in [-0.4, -0.2) is 11.7 Å². The third kappa shape index (κ3) is 2.02. The summed E-state index contributed by atoms with van der Waals surface area (Å²) < 4.78 is 0. The number of rotatable bonds is 3. The molecule has 2 bridgehead atoms. The van der Waals surface area contributed by atoms with Crippen LogP contribution < -0.4 is 5.32 Å². The van der Waals surface area contributed by atoms with Gasteiger partial charge in [-0.15, -0.1) is 0 Å². The van der Waals surface area contributed by atoms with Crippen LogP contribution >= 0.6 is 0 Å². The standard InChI is InChI=1S/C18H23NO2/c1-4-12-5-7-14(8-6-12)19-16(21)18-10-9-13(11-18)17(2,3)15(18)20/h5-8,13H,4,9-11H2,1-3H3,(H,19,21)/t13-,18-/m1/s1. The summed E-state index contributed by atoms with van der Waals surface area (Å²) >= 11 is 0. The summed E-state index contributed by atoms with van der Waals surface area (Å²) in [4.78, 5) is 25.4. The fourth-order valence-corrected chi connectivity index (χ4v) is 4.05. The monoisotopic (exact) mass is 285 g/mol. The molecule has 0 spiro atoms. The topological polar surface area (TPSA) is 46.2 Å². The molecule has 1 N–H and O–H groups in total. The molecule has 3 nitrogen and oxygen atoms in total. The Morgan fingerprint density at radius 3 is 2.48 bits per heavy atom. The molecule has 2 saturated carbocycles. The van der Waals surface area contributed by atoms with Crippen LogP contribution in [0.3, 0.4) is 0 Å². The second-order valence-electron chi connectivity index (χ2n) is 7.08. The molecule has 21 heavy (non-hydrogen) atoms. The van der Waals surface area contributed by atoms with Crippen molar-refractivity contribution in [3.8, 4) is 0 Å². The molecule has 3 rings (SSSR count). The Hall–Kier alpha value is -1.64. The van der Waals surface area contributed by atoms with Crippen molar-refractivity contribution in [1.29, 1.82) is 0 Å². The molecule has 0 aromatic heterocycles. The Morgan fingerprint density at radius 2 is 1.95 bits per heavy atom. The normalized spacial score (nSPS) is 29.7. The minimum Gasteiger partial charge on any atom is -0.325 e. The number of anilines is 1. The smallest absolute Gasteiger partial charge is 0.238 e. The molecule has 0 aliphatic heterocycles. The van der Waals surface area contributed by atoms with E-state index in [4.69, 9.17) is 0 Å². The first-order valence-electron chi connectivity index (χ1n) is 7.85. The van der Waals surface area contributed by atoms with E-state index in [0.29, 0.717) is 12.3 Å². The lowest BCUT2D eigenvalue weighted by atomic mass is 9.70. The molecule has 0 radical (unpaired) electrons. The van der Waals surface area contributed by atoms with Crippen molar-refractivity contribution in [2.24, 2.45) is 16.7 Å². The molecule has 2 aliphatic rings. The highest BCUT2D eigenvalue weighted by Crippen LogP contribution is 2.60. The largest absolute Gasteiger partial charge is 0.325 e. The zero-order valence-electron chi connectivity index (χ0n) is 13.0. The van der Waals surface area contributed by atoms with Crippen molar-refractivity contribution in [3.05, 3.63) is 29.8 Å². The number of hydrogen-bond donors (Lipinski definition) is 1. The van der Waals surface area contributed by atoms with Gasteiger partial charge >= 0.3 is 0 Å². The minimum atomic E-state index is -0.780. The molecule has 1 aromatic rings. The van der Waals surface area contributed by atoms with Crippen LogP contribution in [0.5, 0.6) is 0 Å². The molecule has 1 aromatic carbocycles. The lowest BCUT2D eigenvalue weighted by Gasteiger charge is -2.32. The van der Waals surface area contributed by atoms with Crippen molar-refractivity contribution in [2.75, 3.05) is 5.32 Å². The Bertz CT molecular complexity index is 588. The van der Waals surface area contributed by atoms with E-state index in [-0.39, 0.29) is 17.1 Å². The number of aryl methyl sites for hydroxylation is 1. The third-order valence-electron chi connectivity index (χ3n) is 5.61. The zero-order chi connectivity index (χ0) is 15.3. The number of carbonyl (C=O) groups excluding carboxylic acids is 2. The number of carbonyl (C=O) groups is 2. The molecule has 3 heteroatoms. The van der Waals surface area contributed by atoms with Gasteiger partial charge in [-0.1, -0.05) is 32.9 Å². The highest BCUT2D eigenvalue weighted by molar-refractivity contribution is 6.15. The summed E-state index contributed by atoms with van der Waals surface area (Å²) in [5, 5.41) is 2.96. The Labute approximate surface area is 126 Å². The van der Waals surface area contributed by atoms with E-state index in [0.717, 1.165) is 24.9 Å². The van der Waals surface area contributed by atoms with Crippen LogP contribution in [0.25, 0.3) is 0 Å². The maximum absolute atomic E-state index is 12.7. The predicted molar refractivity (Wildman–Crippen MR) is 83.0 cm³/mol. The Kier molecular flexibility index (Phi) is 3.19. The first-order chi connectivity index (χ1) is 9.90. The van der Waals surface area contributed by atoms with Gasteiger partial charge in [-0.25, -0.2) is 0 Å². The second kappa shape index (κ2) is 4.69. The van der Waals surface area contributed by atoms with E-state index >= 15 is 0 Å². The Balaban J connectivity index is 1.81. The molecule has 2 fully saturated rings. The van der Waals surface area contributed by atoms with Gasteiger partial charge in [0.1, 0.15) is 5.41 Å². The number of amides is 1. The van der Waals surface area contributed by atoms with Crippen LogP contribution in [-0.2, 0) is 16.0 Å². The SMILES string of the molecule is CCc1ccc(NC(=O)[C@]23CC[C@H](C2)C(C)(C)C3=O)cc1. The summed E-state index contributed by atoms with van der Waals surface area (Å²) in [6.45, 7) is 6.08. The van der Waals surface area contributed by atoms with Crippen LogP contribution in [0.4, 0.5) is 5.69 Å². The van der Waals surface area contributed by atoms with Gasteiger partial charge in [0.05, 0.1) is 0 Å². The maximum Gasteiger partial charge on any atom is 0.238 e. The number of Topliss-reactive ketones (excluding diaryl/α,β-unsaturated/α-hetero) is 1. The third-order valence-corrected chi connectivity index (χ3v) is 5.61. The van der Waals surface area contributed by atoms with Gasteiger partial charge in [0.2, 0.25) is 5.91 Å². The molecule has 0 heterocycles. The van der Waals surface area contributed by atoms with E-state index in [1.165, 1.54) is 5.56 Å². The molecule has 0 unspecified atom stereocenters. The molecule has 2 aliphatic carbocycles. The van der Waals surface area contributed by atoms with E-state index < -0.39 is 5.41 Å². The van der Waals surface area contributed by atoms with Crippen molar-refractivity contribution in [1.82, 2.24) is 0 Å². The Morgan fingerprint density at radius 1 is 1.29 bits per heavy atom. The number of ketones is 1. The molecule has 0 saturated heterocycles. The number of nitrogens with one attached hydrogen (secondary N) is 1. The van der Waals surface area contributed by atoms with Crippen molar-refractivity contribution in [3.63, 3.8) is 0 Å². The molecule has 2 atom stereocenters. The predicted octanol–water partition coefficient (Wildman–Crippen LogP) is 3.58. The van der Waals surface area contributed by atoms with Gasteiger partial charge < -0.3 is 5.32 Å². The highest BCUT2D eigenvalue weighted by atomic mass is 16.2. The van der Waals surface area contributed by atoms with Gasteiger partial charge in [-0.05, 0) is 49.3 Å². The van der Waals surface area contributed by atoms with Crippen molar-refractivity contribution in [2.45, 2.75) is 46.5 Å². The second-order valence-corrected chi connectivity index (χ2v) is 7.08. The first kappa shape index (κ1) is 14.3. The van der Waals surface area contributed by atoms with Crippen LogP contribution in [0.1, 0.15) is 45.6 Å². The van der Waals surface area contributed by atoms with Gasteiger partial charge in [-0.2, -0.15) is 0 Å². The van der Waals surface area contributed by atoms with E-state index in [1.807, 2.05) is 38.1 Å². The molecule has 1 amide bonds. The van der Waals surface area contributed by atoms with Crippen molar-refractivity contribution < 1.29 is 9.59 Å². The average Bonchev–Trinajstić information content (AvgIpc) is 3.00. The minimum absolute atomic E-state index is 0.107. The lowest BCUT2D eigenvalue weighted by molar-refractivity contribution is -0.142. The average molecular weight is 285 g/mol. The fraction of sp³-hybridized carbons (Fsp3) is 0.556. The van der Waals surface area contributed by atoms with Crippen LogP contribution in [0.15, 0.2) is 24.3 Å². The molecule has 112 valence electrons. The zero-order valence-corrected chi connectivity index (χ0v) is 13.0. The van der Waals surface area contributed by atoms with Gasteiger partial charge in [0.25, 0.3) is 0 Å². The van der Waals surface area contributed by atoms with Crippen LogP contribution in [0, 0.1) is 16.7 Å². The molecular weight excluding hydrogens is 262 g/mol. The van der Waals surface area contributed by atoms with Crippen LogP contribution in [0.2, 0.25) is 0 Å². The van der Waals surface area contributed by atoms with Gasteiger partial charge in [-0.3, -0.25) is 9.59 Å².